The summed E-state index contributed by atoms with van der Waals surface area (Å²) in [6, 6.07) is 11.7. The fourth-order valence-corrected chi connectivity index (χ4v) is 4.52. The molecule has 1 aromatic carbocycles. The van der Waals surface area contributed by atoms with Gasteiger partial charge in [-0.2, -0.15) is 0 Å². The maximum absolute atomic E-state index is 13.3. The van der Waals surface area contributed by atoms with E-state index in [2.05, 4.69) is 24.0 Å². The molecule has 1 amide bonds. The van der Waals surface area contributed by atoms with Crippen LogP contribution in [0.15, 0.2) is 54.4 Å². The van der Waals surface area contributed by atoms with Crippen molar-refractivity contribution in [3.63, 3.8) is 0 Å². The molecule has 1 unspecified atom stereocenters. The van der Waals surface area contributed by atoms with Crippen molar-refractivity contribution >= 4 is 45.8 Å². The van der Waals surface area contributed by atoms with Crippen molar-refractivity contribution in [2.24, 2.45) is 0 Å². The lowest BCUT2D eigenvalue weighted by atomic mass is 9.86. The van der Waals surface area contributed by atoms with Crippen molar-refractivity contribution in [2.75, 3.05) is 6.54 Å². The molecule has 0 aliphatic heterocycles. The molecule has 6 heteroatoms. The van der Waals surface area contributed by atoms with E-state index in [1.54, 1.807) is 24.3 Å². The lowest BCUT2D eigenvalue weighted by molar-refractivity contribution is -0.128. The second-order valence-electron chi connectivity index (χ2n) is 7.45. The van der Waals surface area contributed by atoms with Gasteiger partial charge in [-0.3, -0.25) is 4.79 Å². The number of esters is 1. The minimum Gasteiger partial charge on any atom is -0.449 e. The first-order chi connectivity index (χ1) is 15.1. The lowest BCUT2D eigenvalue weighted by Crippen LogP contribution is -2.36. The van der Waals surface area contributed by atoms with Crippen LogP contribution in [0, 0.1) is 0 Å². The van der Waals surface area contributed by atoms with Gasteiger partial charge in [0.1, 0.15) is 0 Å². The molecular formula is C25H24N2O3S. The SMILES string of the molecule is C=CCNC(=O)C(C)OC(=O)c1c2c(nc3ccccc13)/C(=C\c1cccs1)CCC2. The molecule has 2 heterocycles. The number of nitrogens with zero attached hydrogens (tertiary/aromatic N) is 1. The summed E-state index contributed by atoms with van der Waals surface area (Å²) < 4.78 is 5.58. The Balaban J connectivity index is 1.77. The monoisotopic (exact) mass is 432 g/mol. The number of benzene rings is 1. The van der Waals surface area contributed by atoms with E-state index in [0.717, 1.165) is 51.9 Å². The van der Waals surface area contributed by atoms with Crippen molar-refractivity contribution in [3.8, 4) is 0 Å². The van der Waals surface area contributed by atoms with Crippen LogP contribution in [0.3, 0.4) is 0 Å². The first-order valence-electron chi connectivity index (χ1n) is 10.3. The number of fused-ring (bicyclic) bond motifs is 2. The normalized spacial score (nSPS) is 15.3. The quantitative estimate of drug-likeness (QED) is 0.439. The Bertz CT molecular complexity index is 1160. The maximum Gasteiger partial charge on any atom is 0.339 e. The predicted molar refractivity (Wildman–Crippen MR) is 125 cm³/mol. The topological polar surface area (TPSA) is 68.3 Å². The third kappa shape index (κ3) is 4.44. The van der Waals surface area contributed by atoms with E-state index in [-0.39, 0.29) is 5.91 Å². The Kier molecular flexibility index (Phi) is 6.28. The van der Waals surface area contributed by atoms with Gasteiger partial charge in [0.15, 0.2) is 6.10 Å². The zero-order chi connectivity index (χ0) is 21.8. The van der Waals surface area contributed by atoms with Crippen molar-refractivity contribution in [3.05, 3.63) is 76.1 Å². The molecule has 0 saturated carbocycles. The largest absolute Gasteiger partial charge is 0.449 e. The molecule has 1 aliphatic rings. The van der Waals surface area contributed by atoms with Crippen LogP contribution in [0.4, 0.5) is 0 Å². The van der Waals surface area contributed by atoms with Crippen LogP contribution in [0.5, 0.6) is 0 Å². The molecule has 0 bridgehead atoms. The van der Waals surface area contributed by atoms with Gasteiger partial charge in [-0.15, -0.1) is 17.9 Å². The van der Waals surface area contributed by atoms with Gasteiger partial charge in [-0.05, 0) is 60.9 Å². The Morgan fingerprint density at radius 2 is 2.10 bits per heavy atom. The van der Waals surface area contributed by atoms with Gasteiger partial charge in [0.25, 0.3) is 5.91 Å². The van der Waals surface area contributed by atoms with Gasteiger partial charge in [0.2, 0.25) is 0 Å². The van der Waals surface area contributed by atoms with E-state index in [0.29, 0.717) is 12.1 Å². The van der Waals surface area contributed by atoms with Crippen LogP contribution in [0.25, 0.3) is 22.6 Å². The molecule has 1 aliphatic carbocycles. The zero-order valence-corrected chi connectivity index (χ0v) is 18.2. The van der Waals surface area contributed by atoms with E-state index < -0.39 is 12.1 Å². The number of carbonyl (C=O) groups is 2. The number of thiophene rings is 1. The fraction of sp³-hybridized carbons (Fsp3) is 0.240. The van der Waals surface area contributed by atoms with Gasteiger partial charge in [-0.1, -0.05) is 30.3 Å². The Hall–Kier alpha value is -3.25. The molecular weight excluding hydrogens is 408 g/mol. The van der Waals surface area contributed by atoms with Crippen LogP contribution in [-0.2, 0) is 16.0 Å². The predicted octanol–water partition coefficient (Wildman–Crippen LogP) is 5.02. The first-order valence-corrected chi connectivity index (χ1v) is 11.2. The minimum atomic E-state index is -0.903. The first kappa shape index (κ1) is 21.0. The molecule has 3 aromatic rings. The smallest absolute Gasteiger partial charge is 0.339 e. The average molecular weight is 433 g/mol. The van der Waals surface area contributed by atoms with Gasteiger partial charge in [0, 0.05) is 16.8 Å². The zero-order valence-electron chi connectivity index (χ0n) is 17.4. The second-order valence-corrected chi connectivity index (χ2v) is 8.43. The van der Waals surface area contributed by atoms with Gasteiger partial charge in [0.05, 0.1) is 16.8 Å². The van der Waals surface area contributed by atoms with E-state index in [1.807, 2.05) is 35.7 Å². The highest BCUT2D eigenvalue weighted by Crippen LogP contribution is 2.37. The number of amides is 1. The van der Waals surface area contributed by atoms with Crippen molar-refractivity contribution in [1.82, 2.24) is 10.3 Å². The molecule has 158 valence electrons. The molecule has 5 nitrogen and oxygen atoms in total. The summed E-state index contributed by atoms with van der Waals surface area (Å²) in [4.78, 5) is 31.5. The summed E-state index contributed by atoms with van der Waals surface area (Å²) in [5.74, 6) is -0.841. The third-order valence-electron chi connectivity index (χ3n) is 5.31. The highest BCUT2D eigenvalue weighted by atomic mass is 32.1. The lowest BCUT2D eigenvalue weighted by Gasteiger charge is -2.23. The Morgan fingerprint density at radius 3 is 2.87 bits per heavy atom. The fourth-order valence-electron chi connectivity index (χ4n) is 3.84. The molecule has 1 N–H and O–H groups in total. The third-order valence-corrected chi connectivity index (χ3v) is 6.13. The van der Waals surface area contributed by atoms with Gasteiger partial charge >= 0.3 is 5.97 Å². The standard InChI is InChI=1S/C25H24N2O3S/c1-3-13-26-24(28)16(2)30-25(29)22-19-10-4-5-12-21(19)27-23-17(8-6-11-20(22)23)15-18-9-7-14-31-18/h3-5,7,9-10,12,14-16H,1,6,8,11,13H2,2H3,(H,26,28)/b17-15-. The second kappa shape index (κ2) is 9.27. The molecule has 2 aromatic heterocycles. The summed E-state index contributed by atoms with van der Waals surface area (Å²) in [6.07, 6.45) is 5.42. The van der Waals surface area contributed by atoms with Crippen LogP contribution < -0.4 is 5.32 Å². The average Bonchev–Trinajstić information content (AvgIpc) is 3.29. The maximum atomic E-state index is 13.3. The van der Waals surface area contributed by atoms with Gasteiger partial charge in [-0.25, -0.2) is 9.78 Å². The van der Waals surface area contributed by atoms with Crippen molar-refractivity contribution in [2.45, 2.75) is 32.3 Å². The summed E-state index contributed by atoms with van der Waals surface area (Å²) in [7, 11) is 0. The van der Waals surface area contributed by atoms with Crippen molar-refractivity contribution in [1.29, 1.82) is 0 Å². The van der Waals surface area contributed by atoms with E-state index in [4.69, 9.17) is 9.72 Å². The van der Waals surface area contributed by atoms with E-state index in [1.165, 1.54) is 0 Å². The summed E-state index contributed by atoms with van der Waals surface area (Å²) in [6.45, 7) is 5.48. The molecule has 0 saturated heterocycles. The molecule has 4 rings (SSSR count). The number of aromatic nitrogens is 1. The number of hydrogen-bond acceptors (Lipinski definition) is 5. The number of nitrogens with one attached hydrogen (secondary N) is 1. The number of para-hydroxylation sites is 1. The molecule has 1 atom stereocenters. The number of rotatable bonds is 6. The summed E-state index contributed by atoms with van der Waals surface area (Å²) in [5, 5.41) is 5.47. The highest BCUT2D eigenvalue weighted by molar-refractivity contribution is 7.10. The van der Waals surface area contributed by atoms with E-state index >= 15 is 0 Å². The Labute approximate surface area is 185 Å². The van der Waals surface area contributed by atoms with Crippen LogP contribution in [0.2, 0.25) is 0 Å². The van der Waals surface area contributed by atoms with Crippen LogP contribution >= 0.6 is 11.3 Å². The van der Waals surface area contributed by atoms with Gasteiger partial charge < -0.3 is 10.1 Å². The van der Waals surface area contributed by atoms with Crippen molar-refractivity contribution < 1.29 is 14.3 Å². The van der Waals surface area contributed by atoms with Crippen LogP contribution in [0.1, 0.15) is 46.3 Å². The summed E-state index contributed by atoms with van der Waals surface area (Å²) in [5.41, 5.74) is 4.14. The Morgan fingerprint density at radius 1 is 1.26 bits per heavy atom. The molecule has 31 heavy (non-hydrogen) atoms. The number of allylic oxidation sites excluding steroid dienone is 1. The summed E-state index contributed by atoms with van der Waals surface area (Å²) >= 11 is 1.68. The number of ether oxygens (including phenoxy) is 1. The number of pyridine rings is 1. The van der Waals surface area contributed by atoms with Crippen LogP contribution in [-0.4, -0.2) is 29.5 Å². The number of hydrogen-bond donors (Lipinski definition) is 1. The molecule has 0 radical (unpaired) electrons. The van der Waals surface area contributed by atoms with E-state index in [9.17, 15) is 9.59 Å². The minimum absolute atomic E-state index is 0.325. The highest BCUT2D eigenvalue weighted by Gasteiger charge is 2.28. The molecule has 0 fully saturated rings. The molecule has 0 spiro atoms. The number of carbonyl (C=O) groups excluding carboxylic acids is 2.